The molecule has 27 nitrogen and oxygen atoms in total. The van der Waals surface area contributed by atoms with Gasteiger partial charge in [0.15, 0.2) is 52.4 Å². The monoisotopic (exact) mass is 1840 g/mol. The first-order valence-electron chi connectivity index (χ1n) is 36.4. The van der Waals surface area contributed by atoms with Crippen molar-refractivity contribution in [1.29, 1.82) is 0 Å². The highest BCUT2D eigenvalue weighted by Gasteiger charge is 2.52. The second kappa shape index (κ2) is 37.7. The number of fused-ring (bicyclic) bond motifs is 3. The lowest BCUT2D eigenvalue weighted by molar-refractivity contribution is 0.00578. The average molecular weight is 1840 g/mol. The molecule has 2 amide bonds. The van der Waals surface area contributed by atoms with Crippen LogP contribution in [-0.2, 0) is 57.3 Å². The molecule has 0 unspecified atom stereocenters. The van der Waals surface area contributed by atoms with Crippen LogP contribution in [0, 0.1) is 34.9 Å². The smallest absolute Gasteiger partial charge is 0.450 e. The molecule has 40 heteroatoms. The average Bonchev–Trinajstić information content (AvgIpc) is 1.62. The van der Waals surface area contributed by atoms with E-state index in [1.165, 1.54) is 77.7 Å². The molecule has 9 aromatic heterocycles. The molecule has 16 rings (SSSR count). The van der Waals surface area contributed by atoms with E-state index in [1.807, 2.05) is 40.7 Å². The normalized spacial score (nSPS) is 14.7. The standard InChI is InChI=1S/C23H21F2N7O2S.C20H17F2N7S.C18H19BF2N6O2.C11H14BrNO2S.C3H9ISi.CH4/c1-2-34-23(33)31-8-6-13-11-19(35-18(13)7-9-31)14-10-15(21(26)27-12-14)22-28-29-30-32(22)17-5-3-4-16(24)20(17)25;21-14-2-1-3-15(18(14)22)29-20(26-27-28-29)13-8-12(10-25-19(13)23)17-9-11-4-6-24-7-5-16(11)30-17;1-17(2)18(3,4)29-19(28-17)10-8-11(15(22)23-9-10)16-24-25-26-27(16)13-7-5-6-12(20)14(13)21;1-2-15-11(14)13-5-3-8-7-10(12)16-9(8)4-6-13;1-5(2,3)4;/h3-5,10-12H,2,6-9H2,1H3,(H2,26,27);1-3,8-10,24H,4-7H2,(H2,23,25);5-9H,1-4H3,(H2,22,23);7H,2-6H2,1H3;1-3H3;1H4. The minimum absolute atomic E-state index is 0. The number of halogens is 8. The number of carbonyl (C=O) groups is 2. The van der Waals surface area contributed by atoms with Crippen LogP contribution in [0.15, 0.2) is 113 Å². The van der Waals surface area contributed by atoms with Crippen molar-refractivity contribution < 1.29 is 54.7 Å². The predicted molar refractivity (Wildman–Crippen MR) is 451 cm³/mol. The van der Waals surface area contributed by atoms with E-state index in [4.69, 9.17) is 36.0 Å². The number of hydrogen-bond acceptors (Lipinski definition) is 25. The van der Waals surface area contributed by atoms with Crippen LogP contribution >= 0.6 is 71.7 Å². The van der Waals surface area contributed by atoms with Crippen molar-refractivity contribution in [3.8, 4) is 72.1 Å². The van der Waals surface area contributed by atoms with E-state index in [-0.39, 0.29) is 71.6 Å². The van der Waals surface area contributed by atoms with E-state index in [9.17, 15) is 35.9 Å². The maximum atomic E-state index is 14.4. The molecule has 0 atom stereocenters. The SMILES string of the molecule is C.CC1(C)OB(c2cnc(N)c(-c3nnnn3-c3cccc(F)c3F)c2)OC1(C)C.CCOC(=O)N1CCc2cc(-c3cnc(N)c(-c4nnnn4-c4cccc(F)c4F)c3)sc2CC1.CCOC(=O)N1CCc2cc(Br)sc2CC1.C[Si](C)(C)I.Nc1ncc(-c2cc3c(s2)CCNCC3)cc1-c1nnnn1-c1cccc(F)c1F. The van der Waals surface area contributed by atoms with Gasteiger partial charge in [-0.2, -0.15) is 14.0 Å². The van der Waals surface area contributed by atoms with E-state index in [0.717, 1.165) is 118 Å². The van der Waals surface area contributed by atoms with E-state index >= 15 is 0 Å². The van der Waals surface area contributed by atoms with Gasteiger partial charge in [0.2, 0.25) is 0 Å². The molecule has 13 heterocycles. The van der Waals surface area contributed by atoms with Gasteiger partial charge >= 0.3 is 19.3 Å². The highest BCUT2D eigenvalue weighted by atomic mass is 127. The predicted octanol–water partition coefficient (Wildman–Crippen LogP) is 14.7. The Morgan fingerprint density at radius 1 is 0.543 bits per heavy atom. The van der Waals surface area contributed by atoms with Crippen LogP contribution in [0.25, 0.3) is 72.1 Å². The molecule has 0 saturated carbocycles. The molecule has 3 aromatic carbocycles. The molecule has 4 aliphatic rings. The molecular weight excluding hydrogens is 1760 g/mol. The number of thiophene rings is 3. The van der Waals surface area contributed by atoms with E-state index in [1.54, 1.807) is 75.3 Å². The van der Waals surface area contributed by atoms with Gasteiger partial charge < -0.3 is 51.1 Å². The number of tetrazole rings is 3. The molecule has 116 heavy (non-hydrogen) atoms. The van der Waals surface area contributed by atoms with E-state index in [2.05, 4.69) is 142 Å². The quantitative estimate of drug-likeness (QED) is 0.0404. The van der Waals surface area contributed by atoms with Gasteiger partial charge in [0, 0.05) is 85.7 Å². The summed E-state index contributed by atoms with van der Waals surface area (Å²) in [6.45, 7) is 23.7. The van der Waals surface area contributed by atoms with Crippen molar-refractivity contribution in [3.05, 3.63) is 180 Å². The Morgan fingerprint density at radius 3 is 1.33 bits per heavy atom. The third-order valence-corrected chi connectivity index (χ3v) is 23.1. The molecule has 1 fully saturated rings. The minimum atomic E-state index is -1.07. The van der Waals surface area contributed by atoms with Crippen LogP contribution in [0.3, 0.4) is 0 Å². The highest BCUT2D eigenvalue weighted by Crippen LogP contribution is 2.41. The van der Waals surface area contributed by atoms with Gasteiger partial charge in [-0.15, -0.1) is 71.1 Å². The first kappa shape index (κ1) is 87.2. The van der Waals surface area contributed by atoms with Crippen molar-refractivity contribution in [3.63, 3.8) is 0 Å². The fourth-order valence-electron chi connectivity index (χ4n) is 12.3. The Labute approximate surface area is 699 Å². The summed E-state index contributed by atoms with van der Waals surface area (Å²) in [7, 11) is -0.679. The van der Waals surface area contributed by atoms with Crippen molar-refractivity contribution in [1.82, 2.24) is 90.7 Å². The molecule has 0 bridgehead atoms. The molecule has 0 aliphatic carbocycles. The van der Waals surface area contributed by atoms with Crippen molar-refractivity contribution >= 4 is 120 Å². The van der Waals surface area contributed by atoms with Crippen LogP contribution < -0.4 is 28.0 Å². The fourth-order valence-corrected chi connectivity index (χ4v) is 16.5. The number of nitrogens with zero attached hydrogens (tertiary/aromatic N) is 17. The molecule has 4 aliphatic heterocycles. The summed E-state index contributed by atoms with van der Waals surface area (Å²) in [5.41, 5.74) is 23.5. The van der Waals surface area contributed by atoms with Gasteiger partial charge in [-0.1, -0.05) is 45.3 Å². The summed E-state index contributed by atoms with van der Waals surface area (Å²) in [4.78, 5) is 46.0. The van der Waals surface area contributed by atoms with Gasteiger partial charge in [-0.05, 0) is 230 Å². The minimum Gasteiger partial charge on any atom is -0.450 e. The Morgan fingerprint density at radius 2 is 0.905 bits per heavy atom. The number of nitrogens with one attached hydrogen (secondary N) is 1. The molecular formula is C76H84BBrF6IN21O6S3Si. The Hall–Kier alpha value is -9.69. The third kappa shape index (κ3) is 20.3. The number of pyridine rings is 3. The number of aromatic nitrogens is 15. The van der Waals surface area contributed by atoms with Crippen LogP contribution in [0.2, 0.25) is 19.6 Å². The number of hydrogen-bond donors (Lipinski definition) is 4. The zero-order valence-corrected chi connectivity index (χ0v) is 71.1. The number of carbonyl (C=O) groups excluding carboxylic acids is 2. The number of anilines is 3. The van der Waals surface area contributed by atoms with Crippen LogP contribution in [0.4, 0.5) is 53.4 Å². The zero-order valence-electron chi connectivity index (χ0n) is 63.9. The molecule has 610 valence electrons. The van der Waals surface area contributed by atoms with Crippen molar-refractivity contribution in [2.24, 2.45) is 0 Å². The zero-order chi connectivity index (χ0) is 82.2. The lowest BCUT2D eigenvalue weighted by Gasteiger charge is -2.32. The number of nitrogens with two attached hydrogens (primary N) is 3. The number of ether oxygens (including phenoxy) is 2. The summed E-state index contributed by atoms with van der Waals surface area (Å²) in [6.07, 6.45) is 9.72. The van der Waals surface area contributed by atoms with Gasteiger partial charge in [-0.25, -0.2) is 50.9 Å². The molecule has 12 aromatic rings. The van der Waals surface area contributed by atoms with Gasteiger partial charge in [-0.3, -0.25) is 0 Å². The fraction of sp³-hybridized carbons (Fsp3) is 0.342. The molecule has 7 N–H and O–H groups in total. The van der Waals surface area contributed by atoms with Crippen LogP contribution in [0.5, 0.6) is 0 Å². The Balaban J connectivity index is 0.000000152. The third-order valence-electron chi connectivity index (χ3n) is 18.8. The number of amides is 2. The summed E-state index contributed by atoms with van der Waals surface area (Å²) in [5.74, 6) is -5.26. The largest absolute Gasteiger partial charge is 0.496 e. The highest BCUT2D eigenvalue weighted by molar-refractivity contribution is 14.1. The summed E-state index contributed by atoms with van der Waals surface area (Å²) >= 11 is 11.1. The summed E-state index contributed by atoms with van der Waals surface area (Å²) < 4.78 is 111. The lowest BCUT2D eigenvalue weighted by atomic mass is 9.79. The first-order valence-corrected chi connectivity index (χ1v) is 46.3. The topological polar surface area (TPSA) is 337 Å². The lowest BCUT2D eigenvalue weighted by Crippen LogP contribution is -2.41. The maximum absolute atomic E-state index is 14.4. The Bertz CT molecular complexity index is 5400. The van der Waals surface area contributed by atoms with Gasteiger partial charge in [0.25, 0.3) is 0 Å². The maximum Gasteiger partial charge on any atom is 0.496 e. The summed E-state index contributed by atoms with van der Waals surface area (Å²) in [5, 5.41) is 37.6. The number of nitrogen functional groups attached to an aromatic ring is 3. The van der Waals surface area contributed by atoms with Crippen molar-refractivity contribution in [2.45, 2.75) is 118 Å². The van der Waals surface area contributed by atoms with Crippen LogP contribution in [-0.4, -0.2) is 174 Å². The van der Waals surface area contributed by atoms with E-state index in [0.29, 0.717) is 48.5 Å². The molecule has 0 radical (unpaired) electrons. The van der Waals surface area contributed by atoms with E-state index < -0.39 is 58.8 Å². The second-order valence-electron chi connectivity index (χ2n) is 28.4. The van der Waals surface area contributed by atoms with Gasteiger partial charge in [0.05, 0.1) is 44.9 Å². The Kier molecular flexibility index (Phi) is 28.3. The summed E-state index contributed by atoms with van der Waals surface area (Å²) in [6, 6.07) is 23.1. The molecule has 0 spiro atoms. The first-order chi connectivity index (χ1) is 54.9. The molecule has 1 saturated heterocycles. The van der Waals surface area contributed by atoms with Crippen LogP contribution in [0.1, 0.15) is 80.3 Å². The second-order valence-corrected chi connectivity index (χ2v) is 47.0. The number of benzene rings is 3. The van der Waals surface area contributed by atoms with Crippen molar-refractivity contribution in [2.75, 3.05) is 69.7 Å². The van der Waals surface area contributed by atoms with Gasteiger partial charge in [0.1, 0.15) is 40.1 Å². The number of rotatable bonds is 11.